The molecule has 0 spiro atoms. The first-order valence-electron chi connectivity index (χ1n) is 9.60. The van der Waals surface area contributed by atoms with Gasteiger partial charge in [-0.2, -0.15) is 0 Å². The molecule has 148 valence electrons. The van der Waals surface area contributed by atoms with Gasteiger partial charge in [0.25, 0.3) is 5.91 Å². The monoisotopic (exact) mass is 391 g/mol. The van der Waals surface area contributed by atoms with E-state index < -0.39 is 11.0 Å². The number of hydrogen-bond acceptors (Lipinski definition) is 4. The summed E-state index contributed by atoms with van der Waals surface area (Å²) in [6, 6.07) is 0.316. The lowest BCUT2D eigenvalue weighted by Gasteiger charge is -2.34. The van der Waals surface area contributed by atoms with Gasteiger partial charge >= 0.3 is 0 Å². The Labute approximate surface area is 164 Å². The number of carbonyl (C=O) groups is 1. The van der Waals surface area contributed by atoms with Crippen LogP contribution in [0.3, 0.4) is 0 Å². The molecular formula is C20H29N3O3S. The number of hydrogen-bond donors (Lipinski definition) is 2. The van der Waals surface area contributed by atoms with Crippen molar-refractivity contribution in [3.05, 3.63) is 47.3 Å². The zero-order valence-electron chi connectivity index (χ0n) is 16.1. The molecule has 2 atom stereocenters. The Morgan fingerprint density at radius 3 is 2.63 bits per heavy atom. The largest absolute Gasteiger partial charge is 0.379 e. The smallest absolute Gasteiger partial charge is 0.251 e. The molecule has 2 N–H and O–H groups in total. The maximum atomic E-state index is 12.6. The van der Waals surface area contributed by atoms with Gasteiger partial charge in [0.05, 0.1) is 13.2 Å². The first-order valence-corrected chi connectivity index (χ1v) is 10.8. The van der Waals surface area contributed by atoms with Crippen molar-refractivity contribution in [3.8, 4) is 0 Å². The summed E-state index contributed by atoms with van der Waals surface area (Å²) in [4.78, 5) is 15.0. The second-order valence-electron chi connectivity index (χ2n) is 7.28. The van der Waals surface area contributed by atoms with Crippen LogP contribution in [0.1, 0.15) is 33.1 Å². The predicted molar refractivity (Wildman–Crippen MR) is 108 cm³/mol. The van der Waals surface area contributed by atoms with Crippen molar-refractivity contribution in [2.75, 3.05) is 26.3 Å². The van der Waals surface area contributed by atoms with Crippen LogP contribution < -0.4 is 10.0 Å². The second kappa shape index (κ2) is 9.48. The Balaban J connectivity index is 1.53. The summed E-state index contributed by atoms with van der Waals surface area (Å²) in [7, 11) is -1.08. The number of nitrogens with zero attached hydrogens (tertiary/aromatic N) is 1. The van der Waals surface area contributed by atoms with E-state index in [0.717, 1.165) is 49.7 Å². The summed E-state index contributed by atoms with van der Waals surface area (Å²) >= 11 is 0. The first kappa shape index (κ1) is 20.0. The van der Waals surface area contributed by atoms with Crippen molar-refractivity contribution >= 4 is 16.9 Å². The predicted octanol–water partition coefficient (Wildman–Crippen LogP) is 1.91. The molecule has 7 heteroatoms. The van der Waals surface area contributed by atoms with E-state index in [4.69, 9.17) is 4.74 Å². The van der Waals surface area contributed by atoms with Crippen molar-refractivity contribution in [1.82, 2.24) is 14.9 Å². The number of allylic oxidation sites excluding steroid dienone is 5. The molecule has 0 aromatic heterocycles. The minimum atomic E-state index is -1.08. The number of nitrogens with one attached hydrogen (secondary N) is 2. The van der Waals surface area contributed by atoms with Crippen molar-refractivity contribution in [1.29, 1.82) is 0 Å². The molecule has 0 aromatic rings. The van der Waals surface area contributed by atoms with Crippen LogP contribution in [0.15, 0.2) is 47.3 Å². The Kier molecular flexibility index (Phi) is 7.04. The van der Waals surface area contributed by atoms with Gasteiger partial charge in [-0.25, -0.2) is 4.21 Å². The first-order chi connectivity index (χ1) is 13.0. The number of carbonyl (C=O) groups excluding carboxylic acids is 1. The van der Waals surface area contributed by atoms with Crippen molar-refractivity contribution in [2.45, 2.75) is 44.4 Å². The van der Waals surface area contributed by atoms with Gasteiger partial charge in [-0.15, -0.1) is 0 Å². The Morgan fingerprint density at radius 1 is 1.19 bits per heavy atom. The molecule has 2 unspecified atom stereocenters. The SMILES string of the molecule is CC(C)S(=O)NC1=CC=C(C(=O)NC2=CC=CC(N3CCOCC3)C2)CC1. The zero-order valence-corrected chi connectivity index (χ0v) is 16.9. The lowest BCUT2D eigenvalue weighted by atomic mass is 10.0. The third-order valence-corrected chi connectivity index (χ3v) is 6.27. The molecule has 0 radical (unpaired) electrons. The number of morpholine rings is 1. The fourth-order valence-corrected chi connectivity index (χ4v) is 3.96. The molecule has 0 bridgehead atoms. The maximum Gasteiger partial charge on any atom is 0.251 e. The molecule has 2 aliphatic carbocycles. The van der Waals surface area contributed by atoms with E-state index in [1.807, 2.05) is 38.2 Å². The van der Waals surface area contributed by atoms with Gasteiger partial charge in [0.2, 0.25) is 0 Å². The van der Waals surface area contributed by atoms with Gasteiger partial charge in [-0.1, -0.05) is 18.2 Å². The van der Waals surface area contributed by atoms with Crippen LogP contribution in [-0.4, -0.2) is 52.6 Å². The van der Waals surface area contributed by atoms with Crippen LogP contribution in [-0.2, 0) is 20.5 Å². The molecule has 1 saturated heterocycles. The molecule has 1 heterocycles. The molecule has 1 fully saturated rings. The lowest BCUT2D eigenvalue weighted by molar-refractivity contribution is -0.117. The van der Waals surface area contributed by atoms with Crippen molar-refractivity contribution in [2.24, 2.45) is 0 Å². The molecule has 0 aromatic carbocycles. The van der Waals surface area contributed by atoms with Crippen molar-refractivity contribution in [3.63, 3.8) is 0 Å². The third kappa shape index (κ3) is 5.64. The highest BCUT2D eigenvalue weighted by Crippen LogP contribution is 2.21. The summed E-state index contributed by atoms with van der Waals surface area (Å²) in [5.74, 6) is -0.0439. The summed E-state index contributed by atoms with van der Waals surface area (Å²) in [6.07, 6.45) is 12.1. The normalized spacial score (nSPS) is 24.7. The summed E-state index contributed by atoms with van der Waals surface area (Å²) in [6.45, 7) is 7.23. The Bertz CT molecular complexity index is 703. The number of rotatable bonds is 6. The Hall–Kier alpha value is -1.70. The van der Waals surface area contributed by atoms with Crippen LogP contribution in [0.5, 0.6) is 0 Å². The topological polar surface area (TPSA) is 70.7 Å². The van der Waals surface area contributed by atoms with E-state index in [-0.39, 0.29) is 11.2 Å². The third-order valence-electron chi connectivity index (χ3n) is 4.95. The minimum Gasteiger partial charge on any atom is -0.379 e. The summed E-state index contributed by atoms with van der Waals surface area (Å²) < 4.78 is 20.3. The van der Waals surface area contributed by atoms with Gasteiger partial charge < -0.3 is 14.8 Å². The highest BCUT2D eigenvalue weighted by atomic mass is 32.2. The van der Waals surface area contributed by atoms with Crippen LogP contribution >= 0.6 is 0 Å². The fraction of sp³-hybridized carbons (Fsp3) is 0.550. The number of ether oxygens (including phenoxy) is 1. The van der Waals surface area contributed by atoms with Gasteiger partial charge in [0, 0.05) is 47.8 Å². The second-order valence-corrected chi connectivity index (χ2v) is 9.02. The standard InChI is InChI=1S/C20H29N3O3S/c1-15(2)27(25)22-17-8-6-16(7-9-17)20(24)21-18-4-3-5-19(14-18)23-10-12-26-13-11-23/h3-6,8,15,19,22H,7,9-14H2,1-2H3,(H,21,24). The quantitative estimate of drug-likeness (QED) is 0.726. The molecule has 3 aliphatic rings. The molecule has 0 saturated carbocycles. The van der Waals surface area contributed by atoms with Crippen LogP contribution in [0, 0.1) is 0 Å². The van der Waals surface area contributed by atoms with E-state index in [1.54, 1.807) is 0 Å². The van der Waals surface area contributed by atoms with E-state index in [2.05, 4.69) is 21.0 Å². The average Bonchev–Trinajstić information content (AvgIpc) is 2.69. The summed E-state index contributed by atoms with van der Waals surface area (Å²) in [5, 5.41) is 3.13. The van der Waals surface area contributed by atoms with Crippen LogP contribution in [0.25, 0.3) is 0 Å². The van der Waals surface area contributed by atoms with E-state index in [1.165, 1.54) is 0 Å². The highest BCUT2D eigenvalue weighted by molar-refractivity contribution is 7.83. The maximum absolute atomic E-state index is 12.6. The highest BCUT2D eigenvalue weighted by Gasteiger charge is 2.23. The van der Waals surface area contributed by atoms with Gasteiger partial charge in [-0.05, 0) is 38.8 Å². The van der Waals surface area contributed by atoms with E-state index in [0.29, 0.717) is 18.9 Å². The molecule has 3 rings (SSSR count). The number of amides is 1. The van der Waals surface area contributed by atoms with E-state index >= 15 is 0 Å². The lowest BCUT2D eigenvalue weighted by Crippen LogP contribution is -2.44. The van der Waals surface area contributed by atoms with E-state index in [9.17, 15) is 9.00 Å². The molecule has 1 amide bonds. The minimum absolute atomic E-state index is 0.0439. The molecular weight excluding hydrogens is 362 g/mol. The molecule has 1 aliphatic heterocycles. The molecule has 6 nitrogen and oxygen atoms in total. The van der Waals surface area contributed by atoms with Gasteiger partial charge in [-0.3, -0.25) is 9.69 Å². The van der Waals surface area contributed by atoms with Gasteiger partial charge in [0.1, 0.15) is 11.0 Å². The fourth-order valence-electron chi connectivity index (χ4n) is 3.30. The summed E-state index contributed by atoms with van der Waals surface area (Å²) in [5.41, 5.74) is 2.63. The van der Waals surface area contributed by atoms with Crippen molar-refractivity contribution < 1.29 is 13.7 Å². The van der Waals surface area contributed by atoms with Gasteiger partial charge in [0.15, 0.2) is 0 Å². The zero-order chi connectivity index (χ0) is 19.2. The van der Waals surface area contributed by atoms with Crippen LogP contribution in [0.4, 0.5) is 0 Å². The molecule has 27 heavy (non-hydrogen) atoms. The Morgan fingerprint density at radius 2 is 1.96 bits per heavy atom. The average molecular weight is 392 g/mol. The van der Waals surface area contributed by atoms with Crippen LogP contribution in [0.2, 0.25) is 0 Å².